The summed E-state index contributed by atoms with van der Waals surface area (Å²) in [5.74, 6) is 1.30. The highest BCUT2D eigenvalue weighted by Gasteiger charge is 2.10. The van der Waals surface area contributed by atoms with Crippen molar-refractivity contribution in [2.45, 2.75) is 26.7 Å². The van der Waals surface area contributed by atoms with Crippen LogP contribution in [0.3, 0.4) is 0 Å². The molecule has 0 spiro atoms. The fourth-order valence-corrected chi connectivity index (χ4v) is 2.94. The molecule has 0 atom stereocenters. The van der Waals surface area contributed by atoms with Gasteiger partial charge in [-0.05, 0) is 36.1 Å². The van der Waals surface area contributed by atoms with Crippen molar-refractivity contribution in [3.05, 3.63) is 71.8 Å². The average molecular weight is 405 g/mol. The summed E-state index contributed by atoms with van der Waals surface area (Å²) in [6.45, 7) is 6.83. The van der Waals surface area contributed by atoms with Crippen molar-refractivity contribution in [2.75, 3.05) is 19.8 Å². The number of nitrogens with one attached hydrogen (secondary N) is 1. The number of nitrogens with zero attached hydrogens (tertiary/aromatic N) is 2. The minimum atomic E-state index is -0.194. The molecule has 1 aromatic heterocycles. The summed E-state index contributed by atoms with van der Waals surface area (Å²) in [6.07, 6.45) is 0. The average Bonchev–Trinajstić information content (AvgIpc) is 2.76. The SMILES string of the molecule is Cc1ccc(C(C)C)c(OCC(=O)NCCOc2ccc(-c3ccccc3)nn2)c1. The van der Waals surface area contributed by atoms with E-state index in [1.807, 2.05) is 55.5 Å². The van der Waals surface area contributed by atoms with Gasteiger partial charge >= 0.3 is 0 Å². The number of carbonyl (C=O) groups is 1. The third kappa shape index (κ3) is 6.04. The van der Waals surface area contributed by atoms with Crippen molar-refractivity contribution in [1.29, 1.82) is 0 Å². The van der Waals surface area contributed by atoms with Crippen LogP contribution >= 0.6 is 0 Å². The van der Waals surface area contributed by atoms with Crippen molar-refractivity contribution in [3.8, 4) is 22.9 Å². The Bertz CT molecular complexity index is 957. The molecule has 0 saturated heterocycles. The minimum Gasteiger partial charge on any atom is -0.483 e. The van der Waals surface area contributed by atoms with Crippen LogP contribution in [-0.2, 0) is 4.79 Å². The number of aromatic nitrogens is 2. The summed E-state index contributed by atoms with van der Waals surface area (Å²) in [6, 6.07) is 19.5. The zero-order valence-corrected chi connectivity index (χ0v) is 17.6. The maximum absolute atomic E-state index is 12.1. The molecule has 1 heterocycles. The topological polar surface area (TPSA) is 73.3 Å². The largest absolute Gasteiger partial charge is 0.483 e. The molecule has 2 aromatic carbocycles. The molecule has 156 valence electrons. The van der Waals surface area contributed by atoms with Gasteiger partial charge in [0, 0.05) is 11.6 Å². The molecular formula is C24H27N3O3. The van der Waals surface area contributed by atoms with Gasteiger partial charge in [0.25, 0.3) is 5.91 Å². The third-order valence-electron chi connectivity index (χ3n) is 4.53. The first-order chi connectivity index (χ1) is 14.5. The molecule has 6 nitrogen and oxygen atoms in total. The Morgan fingerprint density at radius 3 is 2.50 bits per heavy atom. The molecule has 1 amide bonds. The number of amides is 1. The van der Waals surface area contributed by atoms with Crippen molar-refractivity contribution < 1.29 is 14.3 Å². The molecular weight excluding hydrogens is 378 g/mol. The quantitative estimate of drug-likeness (QED) is 0.542. The summed E-state index contributed by atoms with van der Waals surface area (Å²) in [7, 11) is 0. The van der Waals surface area contributed by atoms with Crippen molar-refractivity contribution in [1.82, 2.24) is 15.5 Å². The van der Waals surface area contributed by atoms with Crippen LogP contribution in [0.15, 0.2) is 60.7 Å². The number of hydrogen-bond donors (Lipinski definition) is 1. The Balaban J connectivity index is 1.41. The Labute approximate surface area is 177 Å². The predicted octanol–water partition coefficient (Wildman–Crippen LogP) is 4.15. The number of aryl methyl sites for hydroxylation is 1. The Kier molecular flexibility index (Phi) is 7.38. The van der Waals surface area contributed by atoms with Crippen LogP contribution in [0.5, 0.6) is 11.6 Å². The molecule has 0 fully saturated rings. The Morgan fingerprint density at radius 2 is 1.80 bits per heavy atom. The third-order valence-corrected chi connectivity index (χ3v) is 4.53. The van der Waals surface area contributed by atoms with E-state index in [0.717, 1.165) is 28.1 Å². The Morgan fingerprint density at radius 1 is 1.00 bits per heavy atom. The zero-order valence-electron chi connectivity index (χ0n) is 17.6. The van der Waals surface area contributed by atoms with E-state index in [0.29, 0.717) is 24.9 Å². The van der Waals surface area contributed by atoms with Crippen LogP contribution in [0.2, 0.25) is 0 Å². The molecule has 0 radical (unpaired) electrons. The first kappa shape index (κ1) is 21.3. The maximum atomic E-state index is 12.1. The second-order valence-electron chi connectivity index (χ2n) is 7.31. The van der Waals surface area contributed by atoms with Crippen molar-refractivity contribution in [3.63, 3.8) is 0 Å². The lowest BCUT2D eigenvalue weighted by molar-refractivity contribution is -0.123. The lowest BCUT2D eigenvalue weighted by Crippen LogP contribution is -2.32. The van der Waals surface area contributed by atoms with Crippen molar-refractivity contribution in [2.24, 2.45) is 0 Å². The highest BCUT2D eigenvalue weighted by Crippen LogP contribution is 2.27. The summed E-state index contributed by atoms with van der Waals surface area (Å²) in [4.78, 5) is 12.1. The molecule has 1 N–H and O–H groups in total. The molecule has 0 aliphatic heterocycles. The molecule has 0 saturated carbocycles. The van der Waals surface area contributed by atoms with Gasteiger partial charge in [-0.25, -0.2) is 0 Å². The fraction of sp³-hybridized carbons (Fsp3) is 0.292. The summed E-state index contributed by atoms with van der Waals surface area (Å²) in [5, 5.41) is 11.0. The van der Waals surface area contributed by atoms with Gasteiger partial charge in [-0.15, -0.1) is 10.2 Å². The van der Waals surface area contributed by atoms with E-state index in [2.05, 4.69) is 35.4 Å². The maximum Gasteiger partial charge on any atom is 0.258 e. The van der Waals surface area contributed by atoms with E-state index in [9.17, 15) is 4.79 Å². The smallest absolute Gasteiger partial charge is 0.258 e. The number of benzene rings is 2. The lowest BCUT2D eigenvalue weighted by Gasteiger charge is -2.15. The molecule has 0 aliphatic rings. The normalized spacial score (nSPS) is 10.7. The molecule has 3 rings (SSSR count). The first-order valence-corrected chi connectivity index (χ1v) is 10.0. The number of rotatable bonds is 9. The van der Waals surface area contributed by atoms with Crippen LogP contribution in [0.25, 0.3) is 11.3 Å². The molecule has 30 heavy (non-hydrogen) atoms. The first-order valence-electron chi connectivity index (χ1n) is 10.0. The summed E-state index contributed by atoms with van der Waals surface area (Å²) in [5.41, 5.74) is 3.97. The standard InChI is InChI=1S/C24H27N3O3/c1-17(2)20-10-9-18(3)15-22(20)30-16-23(28)25-13-14-29-24-12-11-21(26-27-24)19-7-5-4-6-8-19/h4-12,15,17H,13-14,16H2,1-3H3,(H,25,28). The van der Waals surface area contributed by atoms with Crippen LogP contribution in [0, 0.1) is 6.92 Å². The summed E-state index contributed by atoms with van der Waals surface area (Å²) < 4.78 is 11.3. The summed E-state index contributed by atoms with van der Waals surface area (Å²) >= 11 is 0. The van der Waals surface area contributed by atoms with E-state index in [1.165, 1.54) is 0 Å². The van der Waals surface area contributed by atoms with E-state index < -0.39 is 0 Å². The van der Waals surface area contributed by atoms with Gasteiger partial charge in [-0.2, -0.15) is 0 Å². The van der Waals surface area contributed by atoms with Gasteiger partial charge in [0.05, 0.1) is 12.2 Å². The van der Waals surface area contributed by atoms with E-state index in [1.54, 1.807) is 6.07 Å². The molecule has 0 unspecified atom stereocenters. The van der Waals surface area contributed by atoms with Gasteiger partial charge in [0.15, 0.2) is 6.61 Å². The molecule has 0 bridgehead atoms. The second-order valence-corrected chi connectivity index (χ2v) is 7.31. The van der Waals surface area contributed by atoms with E-state index in [-0.39, 0.29) is 12.5 Å². The van der Waals surface area contributed by atoms with Crippen LogP contribution < -0.4 is 14.8 Å². The molecule has 6 heteroatoms. The Hall–Kier alpha value is -3.41. The number of hydrogen-bond acceptors (Lipinski definition) is 5. The second kappa shape index (κ2) is 10.4. The van der Waals surface area contributed by atoms with Gasteiger partial charge in [-0.3, -0.25) is 4.79 Å². The van der Waals surface area contributed by atoms with Crippen molar-refractivity contribution >= 4 is 5.91 Å². The highest BCUT2D eigenvalue weighted by molar-refractivity contribution is 5.77. The molecule has 3 aromatic rings. The number of ether oxygens (including phenoxy) is 2. The van der Waals surface area contributed by atoms with Crippen LogP contribution in [-0.4, -0.2) is 35.9 Å². The lowest BCUT2D eigenvalue weighted by atomic mass is 10.0. The monoisotopic (exact) mass is 405 g/mol. The van der Waals surface area contributed by atoms with Gasteiger partial charge in [-0.1, -0.05) is 56.3 Å². The van der Waals surface area contributed by atoms with Gasteiger partial charge in [0.1, 0.15) is 12.4 Å². The predicted molar refractivity (Wildman–Crippen MR) is 117 cm³/mol. The van der Waals surface area contributed by atoms with Crippen LogP contribution in [0.4, 0.5) is 0 Å². The zero-order chi connectivity index (χ0) is 21.3. The highest BCUT2D eigenvalue weighted by atomic mass is 16.5. The fourth-order valence-electron chi connectivity index (χ4n) is 2.94. The van der Waals surface area contributed by atoms with E-state index >= 15 is 0 Å². The van der Waals surface area contributed by atoms with Crippen LogP contribution in [0.1, 0.15) is 30.9 Å². The molecule has 0 aliphatic carbocycles. The minimum absolute atomic E-state index is 0.0330. The van der Waals surface area contributed by atoms with E-state index in [4.69, 9.17) is 9.47 Å². The van der Waals surface area contributed by atoms with Gasteiger partial charge < -0.3 is 14.8 Å². The van der Waals surface area contributed by atoms with Gasteiger partial charge in [0.2, 0.25) is 5.88 Å². The number of carbonyl (C=O) groups excluding carboxylic acids is 1.